The van der Waals surface area contributed by atoms with Gasteiger partial charge in [-0.1, -0.05) is 17.7 Å². The Labute approximate surface area is 105 Å². The van der Waals surface area contributed by atoms with Gasteiger partial charge < -0.3 is 10.6 Å². The van der Waals surface area contributed by atoms with Crippen LogP contribution in [0.5, 0.6) is 0 Å². The Morgan fingerprint density at radius 3 is 2.76 bits per heavy atom. The third kappa shape index (κ3) is 3.98. The summed E-state index contributed by atoms with van der Waals surface area (Å²) in [7, 11) is 1.60. The van der Waals surface area contributed by atoms with Gasteiger partial charge in [0.25, 0.3) is 0 Å². The first-order valence-electron chi connectivity index (χ1n) is 5.34. The van der Waals surface area contributed by atoms with Crippen molar-refractivity contribution in [3.05, 3.63) is 34.6 Å². The van der Waals surface area contributed by atoms with Crippen LogP contribution in [0.1, 0.15) is 18.9 Å². The monoisotopic (exact) mass is 258 g/mol. The number of nitrogens with zero attached hydrogens (tertiary/aromatic N) is 1. The molecule has 1 rings (SSSR count). The van der Waals surface area contributed by atoms with Crippen LogP contribution in [0.2, 0.25) is 5.02 Å². The molecule has 2 N–H and O–H groups in total. The van der Waals surface area contributed by atoms with Crippen molar-refractivity contribution in [2.75, 3.05) is 7.05 Å². The van der Waals surface area contributed by atoms with E-state index in [1.54, 1.807) is 20.0 Å². The molecule has 0 aliphatic carbocycles. The molecule has 0 saturated heterocycles. The molecule has 1 aromatic rings. The molecule has 94 valence electrons. The molecule has 0 bridgehead atoms. The summed E-state index contributed by atoms with van der Waals surface area (Å²) in [5, 5.41) is 0.324. The van der Waals surface area contributed by atoms with E-state index in [1.807, 2.05) is 0 Å². The van der Waals surface area contributed by atoms with Gasteiger partial charge in [0.05, 0.1) is 0 Å². The maximum absolute atomic E-state index is 13.5. The molecule has 0 radical (unpaired) electrons. The van der Waals surface area contributed by atoms with Crippen LogP contribution in [0.4, 0.5) is 4.39 Å². The van der Waals surface area contributed by atoms with E-state index >= 15 is 0 Å². The summed E-state index contributed by atoms with van der Waals surface area (Å²) in [6, 6.07) is 4.25. The van der Waals surface area contributed by atoms with E-state index in [1.165, 1.54) is 17.0 Å². The van der Waals surface area contributed by atoms with Crippen LogP contribution in [0.25, 0.3) is 0 Å². The molecular formula is C12H16ClFN2O. The lowest BCUT2D eigenvalue weighted by molar-refractivity contribution is -0.130. The van der Waals surface area contributed by atoms with Gasteiger partial charge in [-0.3, -0.25) is 4.79 Å². The smallest absolute Gasteiger partial charge is 0.224 e. The van der Waals surface area contributed by atoms with Gasteiger partial charge in [-0.2, -0.15) is 0 Å². The Morgan fingerprint density at radius 1 is 1.59 bits per heavy atom. The minimum absolute atomic E-state index is 0.126. The Kier molecular flexibility index (Phi) is 4.90. The Hall–Kier alpha value is -1.13. The van der Waals surface area contributed by atoms with Crippen LogP contribution in [0, 0.1) is 5.82 Å². The molecule has 3 nitrogen and oxygen atoms in total. The topological polar surface area (TPSA) is 46.3 Å². The highest BCUT2D eigenvalue weighted by molar-refractivity contribution is 6.31. The van der Waals surface area contributed by atoms with Gasteiger partial charge in [0.2, 0.25) is 5.91 Å². The summed E-state index contributed by atoms with van der Waals surface area (Å²) in [5.41, 5.74) is 5.87. The molecule has 0 aliphatic rings. The number of halogens is 2. The molecule has 17 heavy (non-hydrogen) atoms. The van der Waals surface area contributed by atoms with Crippen molar-refractivity contribution < 1.29 is 9.18 Å². The van der Waals surface area contributed by atoms with Gasteiger partial charge in [-0.15, -0.1) is 0 Å². The Bertz CT molecular complexity index is 389. The van der Waals surface area contributed by atoms with Crippen LogP contribution in [-0.4, -0.2) is 23.9 Å². The zero-order valence-corrected chi connectivity index (χ0v) is 10.7. The van der Waals surface area contributed by atoms with Gasteiger partial charge >= 0.3 is 0 Å². The molecule has 1 atom stereocenters. The molecule has 0 aliphatic heterocycles. The molecule has 0 heterocycles. The molecule has 0 aromatic heterocycles. The van der Waals surface area contributed by atoms with E-state index in [0.717, 1.165) is 0 Å². The zero-order valence-electron chi connectivity index (χ0n) is 9.91. The average molecular weight is 259 g/mol. The van der Waals surface area contributed by atoms with Crippen molar-refractivity contribution >= 4 is 17.5 Å². The summed E-state index contributed by atoms with van der Waals surface area (Å²) in [5.74, 6) is -0.530. The second-order valence-electron chi connectivity index (χ2n) is 4.13. The molecule has 5 heteroatoms. The molecule has 0 spiro atoms. The van der Waals surface area contributed by atoms with Crippen LogP contribution < -0.4 is 5.73 Å². The van der Waals surface area contributed by atoms with Crippen molar-refractivity contribution in [2.45, 2.75) is 25.9 Å². The number of carbonyl (C=O) groups is 1. The molecule has 0 fully saturated rings. The number of hydrogen-bond acceptors (Lipinski definition) is 2. The van der Waals surface area contributed by atoms with Gasteiger partial charge in [0, 0.05) is 36.6 Å². The minimum atomic E-state index is -0.405. The van der Waals surface area contributed by atoms with Crippen molar-refractivity contribution in [3.8, 4) is 0 Å². The number of hydrogen-bond donors (Lipinski definition) is 1. The number of nitrogens with two attached hydrogens (primary N) is 1. The van der Waals surface area contributed by atoms with E-state index in [2.05, 4.69) is 0 Å². The maximum atomic E-state index is 13.5. The van der Waals surface area contributed by atoms with Crippen LogP contribution in [0.3, 0.4) is 0 Å². The first-order chi connectivity index (χ1) is 7.91. The van der Waals surface area contributed by atoms with Crippen molar-refractivity contribution in [2.24, 2.45) is 5.73 Å². The normalized spacial score (nSPS) is 12.3. The molecule has 1 aromatic carbocycles. The van der Waals surface area contributed by atoms with Crippen molar-refractivity contribution in [1.29, 1.82) is 0 Å². The van der Waals surface area contributed by atoms with Crippen LogP contribution in [-0.2, 0) is 11.3 Å². The van der Waals surface area contributed by atoms with E-state index in [4.69, 9.17) is 17.3 Å². The van der Waals surface area contributed by atoms with E-state index in [-0.39, 0.29) is 24.9 Å². The summed E-state index contributed by atoms with van der Waals surface area (Å²) in [6.45, 7) is 1.90. The van der Waals surface area contributed by atoms with Gasteiger partial charge in [-0.05, 0) is 19.1 Å². The summed E-state index contributed by atoms with van der Waals surface area (Å²) < 4.78 is 13.5. The largest absolute Gasteiger partial charge is 0.341 e. The quantitative estimate of drug-likeness (QED) is 0.900. The number of benzene rings is 1. The fourth-order valence-corrected chi connectivity index (χ4v) is 1.66. The summed E-state index contributed by atoms with van der Waals surface area (Å²) in [4.78, 5) is 13.1. The Morgan fingerprint density at radius 2 is 2.24 bits per heavy atom. The number of amides is 1. The summed E-state index contributed by atoms with van der Waals surface area (Å²) in [6.07, 6.45) is 0.239. The first kappa shape index (κ1) is 13.9. The second kappa shape index (κ2) is 5.98. The highest BCUT2D eigenvalue weighted by Gasteiger charge is 2.15. The third-order valence-corrected chi connectivity index (χ3v) is 2.73. The highest BCUT2D eigenvalue weighted by atomic mass is 35.5. The predicted molar refractivity (Wildman–Crippen MR) is 66.2 cm³/mol. The summed E-state index contributed by atoms with van der Waals surface area (Å²) >= 11 is 5.88. The Balaban J connectivity index is 2.74. The lowest BCUT2D eigenvalue weighted by Crippen LogP contribution is -2.31. The fraction of sp³-hybridized carbons (Fsp3) is 0.417. The second-order valence-corrected chi connectivity index (χ2v) is 4.54. The fourth-order valence-electron chi connectivity index (χ4n) is 1.44. The van der Waals surface area contributed by atoms with Gasteiger partial charge in [0.15, 0.2) is 0 Å². The predicted octanol–water partition coefficient (Wildman–Crippen LogP) is 2.17. The number of carbonyl (C=O) groups excluding carboxylic acids is 1. The lowest BCUT2D eigenvalue weighted by atomic mass is 10.2. The van der Waals surface area contributed by atoms with Crippen molar-refractivity contribution in [1.82, 2.24) is 4.90 Å². The SMILES string of the molecule is CC(N)CC(=O)N(C)Cc1c(F)cccc1Cl. The lowest BCUT2D eigenvalue weighted by Gasteiger charge is -2.19. The average Bonchev–Trinajstić information content (AvgIpc) is 2.22. The number of rotatable bonds is 4. The van der Waals surface area contributed by atoms with E-state index in [0.29, 0.717) is 10.6 Å². The highest BCUT2D eigenvalue weighted by Crippen LogP contribution is 2.20. The first-order valence-corrected chi connectivity index (χ1v) is 5.72. The van der Waals surface area contributed by atoms with E-state index in [9.17, 15) is 9.18 Å². The van der Waals surface area contributed by atoms with Crippen LogP contribution in [0.15, 0.2) is 18.2 Å². The maximum Gasteiger partial charge on any atom is 0.224 e. The van der Waals surface area contributed by atoms with Crippen molar-refractivity contribution in [3.63, 3.8) is 0 Å². The third-order valence-electron chi connectivity index (χ3n) is 2.38. The zero-order chi connectivity index (χ0) is 13.0. The van der Waals surface area contributed by atoms with E-state index < -0.39 is 5.82 Å². The van der Waals surface area contributed by atoms with Gasteiger partial charge in [0.1, 0.15) is 5.82 Å². The standard InChI is InChI=1S/C12H16ClFN2O/c1-8(15)6-12(17)16(2)7-9-10(13)4-3-5-11(9)14/h3-5,8H,6-7,15H2,1-2H3. The molecule has 1 unspecified atom stereocenters. The minimum Gasteiger partial charge on any atom is -0.341 e. The molecule has 0 saturated carbocycles. The van der Waals surface area contributed by atoms with Gasteiger partial charge in [-0.25, -0.2) is 4.39 Å². The van der Waals surface area contributed by atoms with Crippen LogP contribution >= 0.6 is 11.6 Å². The molecular weight excluding hydrogens is 243 g/mol. The molecule has 1 amide bonds.